The number of hydrogen-bond donors (Lipinski definition) is 2. The van der Waals surface area contributed by atoms with Crippen LogP contribution in [0.5, 0.6) is 0 Å². The molecule has 0 bridgehead atoms. The molecule has 166 valence electrons. The fraction of sp³-hybridized carbons (Fsp3) is 0.304. The van der Waals surface area contributed by atoms with E-state index in [9.17, 15) is 18.8 Å². The Labute approximate surface area is 189 Å². The number of rotatable bonds is 6. The van der Waals surface area contributed by atoms with Gasteiger partial charge in [-0.3, -0.25) is 14.4 Å². The number of carbonyl (C=O) groups excluding carboxylic acids is 3. The lowest BCUT2D eigenvalue weighted by Gasteiger charge is -2.16. The molecule has 1 saturated heterocycles. The van der Waals surface area contributed by atoms with Crippen molar-refractivity contribution in [1.82, 2.24) is 10.2 Å². The van der Waals surface area contributed by atoms with Gasteiger partial charge in [-0.25, -0.2) is 4.39 Å². The molecule has 4 rings (SSSR count). The molecule has 1 fully saturated rings. The van der Waals surface area contributed by atoms with Gasteiger partial charge in [0.1, 0.15) is 11.1 Å². The second kappa shape index (κ2) is 9.95. The third-order valence-corrected chi connectivity index (χ3v) is 6.49. The van der Waals surface area contributed by atoms with Crippen molar-refractivity contribution in [2.45, 2.75) is 31.1 Å². The van der Waals surface area contributed by atoms with E-state index in [1.807, 2.05) is 0 Å². The van der Waals surface area contributed by atoms with E-state index in [-0.39, 0.29) is 36.5 Å². The van der Waals surface area contributed by atoms with E-state index in [0.29, 0.717) is 11.3 Å². The van der Waals surface area contributed by atoms with Gasteiger partial charge in [-0.05, 0) is 54.8 Å². The summed E-state index contributed by atoms with van der Waals surface area (Å²) >= 11 is 1.36. The molecule has 2 aliphatic rings. The molecular formula is C23H23FN4O3S. The molecule has 0 aliphatic carbocycles. The number of thioether (sulfide) groups is 1. The highest BCUT2D eigenvalue weighted by Crippen LogP contribution is 2.29. The second-order valence-corrected chi connectivity index (χ2v) is 8.84. The van der Waals surface area contributed by atoms with Crippen molar-refractivity contribution in [3.8, 4) is 0 Å². The quantitative estimate of drug-likeness (QED) is 0.700. The Morgan fingerprint density at radius 1 is 1.06 bits per heavy atom. The third kappa shape index (κ3) is 5.53. The monoisotopic (exact) mass is 454 g/mol. The fourth-order valence-electron chi connectivity index (χ4n) is 3.52. The van der Waals surface area contributed by atoms with E-state index in [1.165, 1.54) is 23.9 Å². The maximum Gasteiger partial charge on any atom is 0.262 e. The molecule has 2 aromatic rings. The van der Waals surface area contributed by atoms with Crippen molar-refractivity contribution in [3.63, 3.8) is 0 Å². The Kier molecular flexibility index (Phi) is 6.84. The van der Waals surface area contributed by atoms with Crippen molar-refractivity contribution in [2.24, 2.45) is 4.99 Å². The summed E-state index contributed by atoms with van der Waals surface area (Å²) in [4.78, 5) is 43.1. The zero-order chi connectivity index (χ0) is 22.5. The minimum absolute atomic E-state index is 0.0459. The summed E-state index contributed by atoms with van der Waals surface area (Å²) in [7, 11) is 0. The predicted molar refractivity (Wildman–Crippen MR) is 122 cm³/mol. The van der Waals surface area contributed by atoms with Crippen LogP contribution in [0.3, 0.4) is 0 Å². The summed E-state index contributed by atoms with van der Waals surface area (Å²) in [6, 6.07) is 12.4. The molecule has 3 amide bonds. The number of amides is 3. The largest absolute Gasteiger partial charge is 0.351 e. The highest BCUT2D eigenvalue weighted by Gasteiger charge is 2.33. The molecule has 2 aliphatic heterocycles. The van der Waals surface area contributed by atoms with E-state index >= 15 is 0 Å². The summed E-state index contributed by atoms with van der Waals surface area (Å²) in [5.41, 5.74) is 1.77. The maximum atomic E-state index is 12.9. The lowest BCUT2D eigenvalue weighted by Crippen LogP contribution is -2.25. The first kappa shape index (κ1) is 22.0. The number of hydrogen-bond acceptors (Lipinski definition) is 5. The molecule has 1 atom stereocenters. The minimum atomic E-state index is -0.498. The number of benzene rings is 2. The van der Waals surface area contributed by atoms with E-state index in [4.69, 9.17) is 0 Å². The average molecular weight is 455 g/mol. The highest BCUT2D eigenvalue weighted by molar-refractivity contribution is 8.15. The smallest absolute Gasteiger partial charge is 0.262 e. The molecule has 2 N–H and O–H groups in total. The molecule has 7 nitrogen and oxygen atoms in total. The van der Waals surface area contributed by atoms with Gasteiger partial charge in [0.2, 0.25) is 5.91 Å². The summed E-state index contributed by atoms with van der Waals surface area (Å²) < 4.78 is 12.9. The molecule has 2 aromatic carbocycles. The van der Waals surface area contributed by atoms with Gasteiger partial charge in [0, 0.05) is 37.3 Å². The van der Waals surface area contributed by atoms with Crippen LogP contribution >= 0.6 is 11.8 Å². The Morgan fingerprint density at radius 3 is 2.44 bits per heavy atom. The van der Waals surface area contributed by atoms with Crippen molar-refractivity contribution in [2.75, 3.05) is 18.4 Å². The number of aliphatic imine (C=N–C) groups is 1. The number of halogens is 1. The zero-order valence-corrected chi connectivity index (χ0v) is 18.2. The first-order valence-corrected chi connectivity index (χ1v) is 11.3. The van der Waals surface area contributed by atoms with Crippen LogP contribution in [0.4, 0.5) is 10.1 Å². The lowest BCUT2D eigenvalue weighted by molar-refractivity contribution is -0.121. The van der Waals surface area contributed by atoms with Crippen LogP contribution in [0.1, 0.15) is 35.2 Å². The van der Waals surface area contributed by atoms with E-state index in [2.05, 4.69) is 20.5 Å². The van der Waals surface area contributed by atoms with Crippen molar-refractivity contribution in [1.29, 1.82) is 0 Å². The Morgan fingerprint density at radius 2 is 1.75 bits per heavy atom. The van der Waals surface area contributed by atoms with Crippen LogP contribution in [0.15, 0.2) is 53.5 Å². The number of nitrogens with one attached hydrogen (secondary N) is 2. The van der Waals surface area contributed by atoms with Crippen LogP contribution in [0, 0.1) is 5.82 Å². The minimum Gasteiger partial charge on any atom is -0.351 e. The fourth-order valence-corrected chi connectivity index (χ4v) is 4.64. The number of carbonyl (C=O) groups is 3. The van der Waals surface area contributed by atoms with E-state index < -0.39 is 5.25 Å². The van der Waals surface area contributed by atoms with Crippen LogP contribution < -0.4 is 10.6 Å². The average Bonchev–Trinajstić information content (AvgIpc) is 3.44. The molecule has 0 spiro atoms. The van der Waals surface area contributed by atoms with Gasteiger partial charge in [-0.15, -0.1) is 0 Å². The van der Waals surface area contributed by atoms with Gasteiger partial charge >= 0.3 is 0 Å². The van der Waals surface area contributed by atoms with E-state index in [0.717, 1.165) is 36.7 Å². The van der Waals surface area contributed by atoms with Crippen molar-refractivity contribution >= 4 is 40.3 Å². The molecule has 0 aromatic heterocycles. The van der Waals surface area contributed by atoms with Gasteiger partial charge < -0.3 is 15.5 Å². The summed E-state index contributed by atoms with van der Waals surface area (Å²) in [6.45, 7) is 2.09. The zero-order valence-electron chi connectivity index (χ0n) is 17.3. The maximum absolute atomic E-state index is 12.9. The van der Waals surface area contributed by atoms with Crippen molar-refractivity contribution in [3.05, 3.63) is 65.5 Å². The highest BCUT2D eigenvalue weighted by atomic mass is 32.2. The van der Waals surface area contributed by atoms with Crippen LogP contribution in [-0.2, 0) is 16.1 Å². The first-order valence-electron chi connectivity index (χ1n) is 10.4. The molecule has 32 heavy (non-hydrogen) atoms. The summed E-state index contributed by atoms with van der Waals surface area (Å²) in [5.74, 6) is -1.14. The SMILES string of the molecule is O=C(C[C@@H]1SC(N2CCCC2)=NC1=O)Nc1ccc(C(=O)NCc2ccc(F)cc2)cc1. The number of anilines is 1. The summed E-state index contributed by atoms with van der Waals surface area (Å²) in [5, 5.41) is 5.76. The molecule has 0 radical (unpaired) electrons. The second-order valence-electron chi connectivity index (χ2n) is 7.67. The Bertz CT molecular complexity index is 1030. The van der Waals surface area contributed by atoms with Crippen LogP contribution in [0.25, 0.3) is 0 Å². The van der Waals surface area contributed by atoms with E-state index in [1.54, 1.807) is 36.4 Å². The molecular weight excluding hydrogens is 431 g/mol. The molecule has 2 heterocycles. The predicted octanol–water partition coefficient (Wildman–Crippen LogP) is 3.18. The van der Waals surface area contributed by atoms with Gasteiger partial charge in [0.05, 0.1) is 0 Å². The Hall–Kier alpha value is -3.20. The van der Waals surface area contributed by atoms with Gasteiger partial charge in [-0.1, -0.05) is 23.9 Å². The topological polar surface area (TPSA) is 90.9 Å². The number of nitrogens with zero attached hydrogens (tertiary/aromatic N) is 2. The molecule has 0 saturated carbocycles. The van der Waals surface area contributed by atoms with Gasteiger partial charge in [0.25, 0.3) is 11.8 Å². The standard InChI is InChI=1S/C23H23FN4O3S/c24-17-7-3-15(4-8-17)14-25-21(30)16-5-9-18(10-6-16)26-20(29)13-19-22(31)27-23(32-19)28-11-1-2-12-28/h3-10,19H,1-2,11-14H2,(H,25,30)(H,26,29)/t19-/m0/s1. The number of amidine groups is 1. The van der Waals surface area contributed by atoms with Crippen molar-refractivity contribution < 1.29 is 18.8 Å². The normalized spacial score (nSPS) is 17.9. The molecule has 0 unspecified atom stereocenters. The third-order valence-electron chi connectivity index (χ3n) is 5.27. The number of likely N-dealkylation sites (tertiary alicyclic amines) is 1. The van der Waals surface area contributed by atoms with Crippen LogP contribution in [-0.4, -0.2) is 46.1 Å². The van der Waals surface area contributed by atoms with Gasteiger partial charge in [-0.2, -0.15) is 4.99 Å². The van der Waals surface area contributed by atoms with Gasteiger partial charge in [0.15, 0.2) is 5.17 Å². The summed E-state index contributed by atoms with van der Waals surface area (Å²) in [6.07, 6.45) is 2.24. The van der Waals surface area contributed by atoms with Crippen LogP contribution in [0.2, 0.25) is 0 Å². The molecule has 9 heteroatoms. The Balaban J connectivity index is 1.25. The lowest BCUT2D eigenvalue weighted by atomic mass is 10.1. The first-order chi connectivity index (χ1) is 15.5.